The molecule has 0 saturated carbocycles. The van der Waals surface area contributed by atoms with E-state index in [0.29, 0.717) is 46.4 Å². The second-order valence-corrected chi connectivity index (χ2v) is 20.7. The summed E-state index contributed by atoms with van der Waals surface area (Å²) in [6.45, 7) is 12.8. The van der Waals surface area contributed by atoms with Gasteiger partial charge in [0.25, 0.3) is 5.91 Å². The standard InChI is InChI=1S/C46H64N8O7S/c1-30-31(2)51-52-43(30)50-44-35-25-40(62(59,60)46(3,4)5)39(26-37(35)48-29-49-44)61-28-32-20-23-53(24-21-32)22-13-11-9-7-6-8-10-12-15-33-16-14-17-34-36(33)27-54(45(34)58)38(42(47)57)18-19-41(55)56/h14,16-17,25-26,29,32,38H,6-13,15,18-24,27-28H2,1-5H3,(H2,47,57)(H,55,56)(H2,48,49,50,51,52). The van der Waals surface area contributed by atoms with E-state index in [4.69, 9.17) is 15.6 Å². The number of hydrogen-bond acceptors (Lipinski definition) is 11. The van der Waals surface area contributed by atoms with E-state index in [1.165, 1.54) is 43.3 Å². The van der Waals surface area contributed by atoms with Crippen LogP contribution in [0.4, 0.5) is 11.6 Å². The van der Waals surface area contributed by atoms with Crippen molar-refractivity contribution in [2.45, 2.75) is 140 Å². The van der Waals surface area contributed by atoms with Gasteiger partial charge in [0.2, 0.25) is 5.91 Å². The number of H-pyrrole nitrogens is 1. The first kappa shape index (κ1) is 46.4. The summed E-state index contributed by atoms with van der Waals surface area (Å²) in [5.74, 6) is -0.224. The molecule has 0 bridgehead atoms. The van der Waals surface area contributed by atoms with Crippen LogP contribution in [0.3, 0.4) is 0 Å². The van der Waals surface area contributed by atoms with Gasteiger partial charge in [-0.3, -0.25) is 19.5 Å². The van der Waals surface area contributed by atoms with E-state index in [-0.39, 0.29) is 30.2 Å². The Morgan fingerprint density at radius 2 is 1.69 bits per heavy atom. The van der Waals surface area contributed by atoms with Crippen LogP contribution in [0, 0.1) is 19.8 Å². The lowest BCUT2D eigenvalue weighted by atomic mass is 9.97. The second-order valence-electron chi connectivity index (χ2n) is 18.0. The Morgan fingerprint density at radius 3 is 2.34 bits per heavy atom. The number of carbonyl (C=O) groups excluding carboxylic acids is 2. The molecule has 4 aromatic rings. The summed E-state index contributed by atoms with van der Waals surface area (Å²) >= 11 is 0. The zero-order chi connectivity index (χ0) is 44.6. The third kappa shape index (κ3) is 11.1. The number of aromatic amines is 1. The zero-order valence-electron chi connectivity index (χ0n) is 37.0. The number of anilines is 2. The van der Waals surface area contributed by atoms with Crippen molar-refractivity contribution < 1.29 is 32.6 Å². The number of hydrogen-bond donors (Lipinski definition) is 4. The first-order valence-electron chi connectivity index (χ1n) is 22.1. The predicted octanol–water partition coefficient (Wildman–Crippen LogP) is 7.41. The summed E-state index contributed by atoms with van der Waals surface area (Å²) < 4.78 is 33.2. The maximum Gasteiger partial charge on any atom is 0.303 e. The first-order chi connectivity index (χ1) is 29.5. The van der Waals surface area contributed by atoms with Gasteiger partial charge in [0.1, 0.15) is 28.8 Å². The number of primary amides is 1. The number of nitrogens with zero attached hydrogens (tertiary/aromatic N) is 5. The molecule has 0 radical (unpaired) electrons. The molecule has 4 heterocycles. The van der Waals surface area contributed by atoms with Crippen molar-refractivity contribution in [2.75, 3.05) is 31.6 Å². The molecule has 62 heavy (non-hydrogen) atoms. The van der Waals surface area contributed by atoms with Crippen molar-refractivity contribution in [2.24, 2.45) is 11.7 Å². The summed E-state index contributed by atoms with van der Waals surface area (Å²) in [7, 11) is -3.77. The van der Waals surface area contributed by atoms with Crippen molar-refractivity contribution in [3.05, 3.63) is 64.6 Å². The number of nitrogens with two attached hydrogens (primary N) is 1. The van der Waals surface area contributed by atoms with Crippen molar-refractivity contribution in [1.29, 1.82) is 0 Å². The Morgan fingerprint density at radius 1 is 1.00 bits per heavy atom. The molecule has 1 fully saturated rings. The highest BCUT2D eigenvalue weighted by atomic mass is 32.2. The number of likely N-dealkylation sites (tertiary alicyclic amines) is 1. The quantitative estimate of drug-likeness (QED) is 0.0568. The van der Waals surface area contributed by atoms with Crippen LogP contribution < -0.4 is 15.8 Å². The number of fused-ring (bicyclic) bond motifs is 2. The Bertz CT molecular complexity index is 2330. The number of aromatic nitrogens is 4. The molecular weight excluding hydrogens is 809 g/mol. The van der Waals surface area contributed by atoms with E-state index in [1.807, 2.05) is 26.0 Å². The first-order valence-corrected chi connectivity index (χ1v) is 23.6. The van der Waals surface area contributed by atoms with Crippen LogP contribution in [0.1, 0.15) is 131 Å². The lowest BCUT2D eigenvalue weighted by Gasteiger charge is -2.32. The van der Waals surface area contributed by atoms with Crippen molar-refractivity contribution in [3.8, 4) is 5.75 Å². The van der Waals surface area contributed by atoms with Crippen LogP contribution in [0.2, 0.25) is 0 Å². The van der Waals surface area contributed by atoms with Gasteiger partial charge < -0.3 is 30.7 Å². The predicted molar refractivity (Wildman–Crippen MR) is 239 cm³/mol. The molecule has 1 unspecified atom stereocenters. The van der Waals surface area contributed by atoms with Crippen molar-refractivity contribution >= 4 is 50.2 Å². The zero-order valence-corrected chi connectivity index (χ0v) is 37.8. The fraction of sp³-hybridized carbons (Fsp3) is 0.565. The number of ether oxygens (including phenoxy) is 1. The van der Waals surface area contributed by atoms with E-state index in [0.717, 1.165) is 80.5 Å². The van der Waals surface area contributed by atoms with Gasteiger partial charge in [-0.2, -0.15) is 5.10 Å². The van der Waals surface area contributed by atoms with Crippen LogP contribution in [0.5, 0.6) is 5.75 Å². The highest BCUT2D eigenvalue weighted by Crippen LogP contribution is 2.38. The minimum atomic E-state index is -3.77. The van der Waals surface area contributed by atoms with Crippen LogP contribution in [0.25, 0.3) is 10.9 Å². The van der Waals surface area contributed by atoms with Crippen LogP contribution in [-0.4, -0.2) is 98.3 Å². The van der Waals surface area contributed by atoms with Gasteiger partial charge in [0.05, 0.1) is 16.9 Å². The molecule has 0 spiro atoms. The van der Waals surface area contributed by atoms with E-state index >= 15 is 0 Å². The van der Waals surface area contributed by atoms with E-state index < -0.39 is 32.5 Å². The highest BCUT2D eigenvalue weighted by molar-refractivity contribution is 7.92. The maximum absolute atomic E-state index is 13.9. The number of carboxylic acid groups (broad SMARTS) is 1. The number of unbranched alkanes of at least 4 members (excludes halogenated alkanes) is 7. The summed E-state index contributed by atoms with van der Waals surface area (Å²) in [5, 5.41) is 20.2. The van der Waals surface area contributed by atoms with Gasteiger partial charge in [0, 0.05) is 41.2 Å². The summed E-state index contributed by atoms with van der Waals surface area (Å²) in [5.41, 5.74) is 10.6. The van der Waals surface area contributed by atoms with Gasteiger partial charge in [-0.1, -0.05) is 50.7 Å². The number of amides is 2. The molecule has 0 aliphatic carbocycles. The van der Waals surface area contributed by atoms with Gasteiger partial charge >= 0.3 is 5.97 Å². The number of rotatable bonds is 22. The fourth-order valence-corrected chi connectivity index (χ4v) is 9.76. The normalized spacial score (nSPS) is 15.6. The Hall–Kier alpha value is -5.09. The lowest BCUT2D eigenvalue weighted by Crippen LogP contribution is -2.45. The van der Waals surface area contributed by atoms with Gasteiger partial charge in [-0.05, 0) is 122 Å². The topological polar surface area (TPSA) is 214 Å². The number of carboxylic acids is 1. The SMILES string of the molecule is Cc1[nH]nc(Nc2ncnc3cc(OCC4CCN(CCCCCCCCCCc5cccc6c5CN(C(CCC(=O)O)C(N)=O)C6=O)CC4)c(S(=O)(=O)C(C)(C)C)cc23)c1C. The highest BCUT2D eigenvalue weighted by Gasteiger charge is 2.37. The Kier molecular flexibility index (Phi) is 15.3. The molecule has 5 N–H and O–H groups in total. The second kappa shape index (κ2) is 20.4. The molecule has 2 aromatic carbocycles. The molecule has 16 heteroatoms. The van der Waals surface area contributed by atoms with Gasteiger partial charge in [-0.25, -0.2) is 18.4 Å². The smallest absolute Gasteiger partial charge is 0.303 e. The minimum absolute atomic E-state index is 0.00554. The average molecular weight is 873 g/mol. The summed E-state index contributed by atoms with van der Waals surface area (Å²) in [4.78, 5) is 49.3. The van der Waals surface area contributed by atoms with Crippen molar-refractivity contribution in [1.82, 2.24) is 30.0 Å². The number of sulfone groups is 1. The van der Waals surface area contributed by atoms with Crippen molar-refractivity contribution in [3.63, 3.8) is 0 Å². The molecule has 1 atom stereocenters. The molecular formula is C46H64N8O7S. The molecule has 2 aromatic heterocycles. The average Bonchev–Trinajstić information content (AvgIpc) is 3.73. The number of piperidine rings is 1. The minimum Gasteiger partial charge on any atom is -0.492 e. The number of aliphatic carboxylic acids is 1. The molecule has 336 valence electrons. The number of benzene rings is 2. The Balaban J connectivity index is 0.893. The molecule has 15 nitrogen and oxygen atoms in total. The van der Waals surface area contributed by atoms with E-state index in [9.17, 15) is 22.8 Å². The van der Waals surface area contributed by atoms with Crippen LogP contribution >= 0.6 is 0 Å². The van der Waals surface area contributed by atoms with Gasteiger partial charge in [-0.15, -0.1) is 0 Å². The fourth-order valence-electron chi connectivity index (χ4n) is 8.45. The molecule has 2 amide bonds. The van der Waals surface area contributed by atoms with E-state index in [1.54, 1.807) is 39.0 Å². The molecule has 6 rings (SSSR count). The van der Waals surface area contributed by atoms with Crippen LogP contribution in [-0.2, 0) is 32.4 Å². The van der Waals surface area contributed by atoms with E-state index in [2.05, 4.69) is 30.4 Å². The third-order valence-corrected chi connectivity index (χ3v) is 15.1. The third-order valence-electron chi connectivity index (χ3n) is 12.6. The number of aryl methyl sites for hydroxylation is 2. The number of carbonyl (C=O) groups is 3. The summed E-state index contributed by atoms with van der Waals surface area (Å²) in [6, 6.07) is 8.13. The van der Waals surface area contributed by atoms with Crippen LogP contribution in [0.15, 0.2) is 41.6 Å². The summed E-state index contributed by atoms with van der Waals surface area (Å²) in [6.07, 6.45) is 13.4. The van der Waals surface area contributed by atoms with Gasteiger partial charge in [0.15, 0.2) is 15.7 Å². The lowest BCUT2D eigenvalue weighted by molar-refractivity contribution is -0.137. The molecule has 1 saturated heterocycles. The maximum atomic E-state index is 13.9. The Labute approximate surface area is 365 Å². The monoisotopic (exact) mass is 872 g/mol. The molecule has 2 aliphatic heterocycles. The largest absolute Gasteiger partial charge is 0.492 e. The number of nitrogens with one attached hydrogen (secondary N) is 2. The molecule has 2 aliphatic rings.